The van der Waals surface area contributed by atoms with Crippen molar-refractivity contribution in [2.24, 2.45) is 0 Å². The smallest absolute Gasteiger partial charge is 0.335 e. The molecule has 0 unspecified atom stereocenters. The summed E-state index contributed by atoms with van der Waals surface area (Å²) in [6.07, 6.45) is 1.53. The number of ether oxygens (including phenoxy) is 4. The summed E-state index contributed by atoms with van der Waals surface area (Å²) >= 11 is 0. The summed E-state index contributed by atoms with van der Waals surface area (Å²) in [5.41, 5.74) is 2.64. The molecule has 46 heavy (non-hydrogen) atoms. The fraction of sp³-hybridized carbons (Fsp3) is 0.273. The topological polar surface area (TPSA) is 118 Å². The number of carboxylic acids is 1. The summed E-state index contributed by atoms with van der Waals surface area (Å²) in [5, 5.41) is 9.67. The van der Waals surface area contributed by atoms with Gasteiger partial charge in [0.2, 0.25) is 0 Å². The predicted molar refractivity (Wildman–Crippen MR) is 158 cm³/mol. The number of fused-ring (bicyclic) bond motifs is 2. The summed E-state index contributed by atoms with van der Waals surface area (Å²) in [6, 6.07) is 8.52. The van der Waals surface area contributed by atoms with Crippen molar-refractivity contribution in [3.8, 4) is 28.8 Å². The Kier molecular flexibility index (Phi) is 7.47. The van der Waals surface area contributed by atoms with Crippen LogP contribution >= 0.6 is 0 Å². The van der Waals surface area contributed by atoms with Gasteiger partial charge in [-0.1, -0.05) is 12.1 Å². The van der Waals surface area contributed by atoms with E-state index >= 15 is 8.78 Å². The molecule has 0 spiro atoms. The summed E-state index contributed by atoms with van der Waals surface area (Å²) in [6.45, 7) is 2.33. The molecule has 13 heteroatoms. The molecule has 10 nitrogen and oxygen atoms in total. The summed E-state index contributed by atoms with van der Waals surface area (Å²) in [7, 11) is 1.42. The number of aryl methyl sites for hydroxylation is 1. The molecular formula is C33H27F3N4O6. The van der Waals surface area contributed by atoms with Crippen molar-refractivity contribution in [3.63, 3.8) is 0 Å². The van der Waals surface area contributed by atoms with Gasteiger partial charge in [-0.3, -0.25) is 0 Å². The van der Waals surface area contributed by atoms with Crippen molar-refractivity contribution in [1.82, 2.24) is 19.5 Å². The third-order valence-electron chi connectivity index (χ3n) is 8.18. The first-order valence-corrected chi connectivity index (χ1v) is 14.5. The van der Waals surface area contributed by atoms with Crippen LogP contribution in [0.5, 0.6) is 17.5 Å². The molecule has 0 bridgehead atoms. The maximum atomic E-state index is 16.1. The Labute approximate surface area is 260 Å². The van der Waals surface area contributed by atoms with Gasteiger partial charge in [0.25, 0.3) is 0 Å². The molecule has 7 rings (SSSR count). The monoisotopic (exact) mass is 632 g/mol. The Balaban J connectivity index is 1.27. The predicted octanol–water partition coefficient (Wildman–Crippen LogP) is 5.95. The minimum absolute atomic E-state index is 0.0143. The second-order valence-corrected chi connectivity index (χ2v) is 11.1. The van der Waals surface area contributed by atoms with Gasteiger partial charge in [0.1, 0.15) is 53.0 Å². The van der Waals surface area contributed by atoms with Crippen LogP contribution < -0.4 is 14.2 Å². The number of carboxylic acid groups (broad SMARTS) is 1. The van der Waals surface area contributed by atoms with Crippen LogP contribution in [-0.4, -0.2) is 50.9 Å². The Bertz CT molecular complexity index is 2030. The van der Waals surface area contributed by atoms with E-state index in [9.17, 15) is 14.3 Å². The highest BCUT2D eigenvalue weighted by Crippen LogP contribution is 2.42. The van der Waals surface area contributed by atoms with E-state index in [0.717, 1.165) is 17.8 Å². The van der Waals surface area contributed by atoms with E-state index in [-0.39, 0.29) is 59.5 Å². The number of halogens is 3. The standard InChI is InChI=1S/C33H27F3N4O6/c1-16-3-4-17(22(34)9-16)15-46-33-37-14-24(36)29(39-33)21-12-23(35)20(19-5-7-45-31(19)21)13-27-38-30-25(40(27)28-6-8-44-28)10-18(32(41)42)11-26(30)43-2/h3-4,9-12,14,28H,5-8,13,15H2,1-2H3,(H,41,42)/t28-/m0/s1. The first kappa shape index (κ1) is 29.5. The van der Waals surface area contributed by atoms with Gasteiger partial charge in [0.05, 0.1) is 37.6 Å². The van der Waals surface area contributed by atoms with Gasteiger partial charge in [-0.05, 0) is 36.8 Å². The molecule has 3 aromatic carbocycles. The van der Waals surface area contributed by atoms with Gasteiger partial charge in [-0.15, -0.1) is 0 Å². The Hall–Kier alpha value is -5.17. The van der Waals surface area contributed by atoms with Gasteiger partial charge in [-0.2, -0.15) is 4.98 Å². The number of nitrogens with zero attached hydrogens (tertiary/aromatic N) is 4. The number of benzene rings is 3. The second-order valence-electron chi connectivity index (χ2n) is 11.1. The van der Waals surface area contributed by atoms with E-state index < -0.39 is 29.6 Å². The van der Waals surface area contributed by atoms with Gasteiger partial charge >= 0.3 is 12.0 Å². The molecular weight excluding hydrogens is 605 g/mol. The molecule has 2 aromatic heterocycles. The van der Waals surface area contributed by atoms with Crippen molar-refractivity contribution in [1.29, 1.82) is 0 Å². The molecule has 2 aliphatic rings. The molecule has 1 fully saturated rings. The van der Waals surface area contributed by atoms with E-state index in [0.29, 0.717) is 47.4 Å². The van der Waals surface area contributed by atoms with Gasteiger partial charge in [0, 0.05) is 41.5 Å². The molecule has 5 aromatic rings. The Morgan fingerprint density at radius 1 is 1.09 bits per heavy atom. The third kappa shape index (κ3) is 5.15. The van der Waals surface area contributed by atoms with Crippen LogP contribution in [0.25, 0.3) is 22.3 Å². The lowest BCUT2D eigenvalue weighted by molar-refractivity contribution is -0.0983. The normalized spacial score (nSPS) is 15.4. The number of aromatic carboxylic acids is 1. The number of methoxy groups -OCH3 is 1. The lowest BCUT2D eigenvalue weighted by atomic mass is 9.96. The van der Waals surface area contributed by atoms with Gasteiger partial charge in [0.15, 0.2) is 5.82 Å². The molecule has 0 radical (unpaired) electrons. The van der Waals surface area contributed by atoms with E-state index in [2.05, 4.69) is 9.97 Å². The number of hydrogen-bond donors (Lipinski definition) is 1. The molecule has 4 heterocycles. The lowest BCUT2D eigenvalue weighted by Gasteiger charge is -2.30. The van der Waals surface area contributed by atoms with Crippen LogP contribution in [0.2, 0.25) is 0 Å². The fourth-order valence-corrected chi connectivity index (χ4v) is 5.82. The van der Waals surface area contributed by atoms with Crippen molar-refractivity contribution in [2.45, 2.75) is 39.0 Å². The molecule has 2 aliphatic heterocycles. The Morgan fingerprint density at radius 3 is 2.63 bits per heavy atom. The maximum Gasteiger partial charge on any atom is 0.335 e. The quantitative estimate of drug-likeness (QED) is 0.210. The highest BCUT2D eigenvalue weighted by atomic mass is 19.1. The van der Waals surface area contributed by atoms with Crippen molar-refractivity contribution >= 4 is 17.0 Å². The summed E-state index contributed by atoms with van der Waals surface area (Å²) < 4.78 is 70.0. The molecule has 0 saturated carbocycles. The highest BCUT2D eigenvalue weighted by molar-refractivity contribution is 5.95. The molecule has 0 amide bonds. The highest BCUT2D eigenvalue weighted by Gasteiger charge is 2.31. The Morgan fingerprint density at radius 2 is 1.91 bits per heavy atom. The van der Waals surface area contributed by atoms with Gasteiger partial charge in [-0.25, -0.2) is 27.9 Å². The van der Waals surface area contributed by atoms with Crippen LogP contribution in [0, 0.1) is 24.4 Å². The number of imidazole rings is 1. The maximum absolute atomic E-state index is 16.1. The van der Waals surface area contributed by atoms with Crippen LogP contribution in [0.3, 0.4) is 0 Å². The first-order valence-electron chi connectivity index (χ1n) is 14.5. The van der Waals surface area contributed by atoms with E-state index in [4.69, 9.17) is 23.9 Å². The third-order valence-corrected chi connectivity index (χ3v) is 8.18. The van der Waals surface area contributed by atoms with Crippen molar-refractivity contribution < 1.29 is 42.0 Å². The van der Waals surface area contributed by atoms with Crippen LogP contribution in [0.15, 0.2) is 42.6 Å². The second kappa shape index (κ2) is 11.6. The van der Waals surface area contributed by atoms with Crippen LogP contribution in [-0.2, 0) is 24.2 Å². The number of carbonyl (C=O) groups is 1. The molecule has 1 saturated heterocycles. The molecule has 1 atom stereocenters. The largest absolute Gasteiger partial charge is 0.494 e. The zero-order valence-electron chi connectivity index (χ0n) is 24.8. The minimum Gasteiger partial charge on any atom is -0.494 e. The fourth-order valence-electron chi connectivity index (χ4n) is 5.82. The zero-order valence-corrected chi connectivity index (χ0v) is 24.8. The first-order chi connectivity index (χ1) is 22.2. The number of aromatic nitrogens is 4. The van der Waals surface area contributed by atoms with E-state index in [1.54, 1.807) is 23.6 Å². The molecule has 0 aliphatic carbocycles. The SMILES string of the molecule is COc1cc(C(=O)O)cc2c1nc(Cc1c(F)cc(-c3nc(OCc4ccc(C)cc4F)ncc3F)c3c1CCO3)n2[C@@H]1CCO1. The number of hydrogen-bond acceptors (Lipinski definition) is 8. The van der Waals surface area contributed by atoms with Crippen molar-refractivity contribution in [3.05, 3.63) is 93.7 Å². The lowest BCUT2D eigenvalue weighted by Crippen LogP contribution is -2.26. The average molecular weight is 633 g/mol. The summed E-state index contributed by atoms with van der Waals surface area (Å²) in [4.78, 5) is 24.6. The average Bonchev–Trinajstić information content (AvgIpc) is 3.63. The molecule has 236 valence electrons. The summed E-state index contributed by atoms with van der Waals surface area (Å²) in [5.74, 6) is -2.05. The van der Waals surface area contributed by atoms with E-state index in [1.807, 2.05) is 0 Å². The van der Waals surface area contributed by atoms with Crippen LogP contribution in [0.4, 0.5) is 13.2 Å². The van der Waals surface area contributed by atoms with Gasteiger partial charge < -0.3 is 28.6 Å². The van der Waals surface area contributed by atoms with Crippen LogP contribution in [0.1, 0.15) is 51.1 Å². The number of rotatable bonds is 9. The molecule has 1 N–H and O–H groups in total. The van der Waals surface area contributed by atoms with Crippen molar-refractivity contribution in [2.75, 3.05) is 20.3 Å². The minimum atomic E-state index is -1.13. The zero-order chi connectivity index (χ0) is 32.1. The van der Waals surface area contributed by atoms with E-state index in [1.165, 1.54) is 25.3 Å².